The topological polar surface area (TPSA) is 0 Å². The van der Waals surface area contributed by atoms with Gasteiger partial charge in [-0.1, -0.05) is 27.2 Å². The first-order chi connectivity index (χ1) is 4.65. The molecule has 0 bridgehead atoms. The van der Waals surface area contributed by atoms with Gasteiger partial charge in [-0.3, -0.25) is 0 Å². The van der Waals surface area contributed by atoms with Crippen LogP contribution in [0.4, 0.5) is 0 Å². The molecule has 1 fully saturated rings. The lowest BCUT2D eigenvalue weighted by atomic mass is 9.58. The summed E-state index contributed by atoms with van der Waals surface area (Å²) in [4.78, 5) is 0. The molecule has 0 spiro atoms. The van der Waals surface area contributed by atoms with E-state index in [2.05, 4.69) is 33.4 Å². The van der Waals surface area contributed by atoms with Crippen molar-refractivity contribution < 1.29 is 0 Å². The Bertz CT molecular complexity index is 122. The Morgan fingerprint density at radius 2 is 2.10 bits per heavy atom. The Balaban J connectivity index is 2.54. The molecule has 3 atom stereocenters. The van der Waals surface area contributed by atoms with Gasteiger partial charge >= 0.3 is 0 Å². The van der Waals surface area contributed by atoms with Crippen LogP contribution in [0.5, 0.6) is 0 Å². The highest BCUT2D eigenvalue weighted by Gasteiger charge is 2.46. The zero-order valence-corrected chi connectivity index (χ0v) is 8.12. The molecule has 0 radical (unpaired) electrons. The van der Waals surface area contributed by atoms with Crippen LogP contribution >= 0.6 is 12.6 Å². The normalized spacial score (nSPS) is 46.8. The van der Waals surface area contributed by atoms with Crippen molar-refractivity contribution in [1.29, 1.82) is 0 Å². The second-order valence-electron chi connectivity index (χ2n) is 3.72. The lowest BCUT2D eigenvalue weighted by Gasteiger charge is -2.52. The Morgan fingerprint density at radius 1 is 1.50 bits per heavy atom. The highest BCUT2D eigenvalue weighted by atomic mass is 32.1. The van der Waals surface area contributed by atoms with Crippen molar-refractivity contribution in [2.75, 3.05) is 0 Å². The molecule has 0 N–H and O–H groups in total. The molecule has 0 aromatic heterocycles. The third kappa shape index (κ3) is 0.990. The maximum absolute atomic E-state index is 4.56. The maximum atomic E-state index is 4.56. The Labute approximate surface area is 69.8 Å². The summed E-state index contributed by atoms with van der Waals surface area (Å²) in [6, 6.07) is 0. The van der Waals surface area contributed by atoms with Crippen molar-refractivity contribution in [3.8, 4) is 0 Å². The van der Waals surface area contributed by atoms with Gasteiger partial charge in [-0.25, -0.2) is 0 Å². The van der Waals surface area contributed by atoms with Crippen molar-refractivity contribution in [2.24, 2.45) is 11.3 Å². The van der Waals surface area contributed by atoms with E-state index in [-0.39, 0.29) is 0 Å². The van der Waals surface area contributed by atoms with Crippen molar-refractivity contribution in [3.05, 3.63) is 0 Å². The molecule has 0 aliphatic heterocycles. The number of thiol groups is 1. The van der Waals surface area contributed by atoms with Gasteiger partial charge in [-0.05, 0) is 24.2 Å². The van der Waals surface area contributed by atoms with E-state index < -0.39 is 0 Å². The van der Waals surface area contributed by atoms with Crippen LogP contribution in [-0.2, 0) is 0 Å². The van der Waals surface area contributed by atoms with Gasteiger partial charge < -0.3 is 0 Å². The SMILES string of the molecule is CCC1CC(S)C1(C)CC. The van der Waals surface area contributed by atoms with E-state index in [4.69, 9.17) is 0 Å². The van der Waals surface area contributed by atoms with Gasteiger partial charge in [-0.2, -0.15) is 12.6 Å². The van der Waals surface area contributed by atoms with Crippen molar-refractivity contribution in [1.82, 2.24) is 0 Å². The van der Waals surface area contributed by atoms with Crippen molar-refractivity contribution in [3.63, 3.8) is 0 Å². The summed E-state index contributed by atoms with van der Waals surface area (Å²) >= 11 is 4.56. The summed E-state index contributed by atoms with van der Waals surface area (Å²) < 4.78 is 0. The van der Waals surface area contributed by atoms with Gasteiger partial charge in [-0.15, -0.1) is 0 Å². The Hall–Kier alpha value is 0.350. The average Bonchev–Trinajstić information content (AvgIpc) is 1.98. The molecule has 3 unspecified atom stereocenters. The zero-order valence-electron chi connectivity index (χ0n) is 7.22. The van der Waals surface area contributed by atoms with E-state index in [0.717, 1.165) is 5.92 Å². The van der Waals surface area contributed by atoms with Crippen LogP contribution < -0.4 is 0 Å². The monoisotopic (exact) mass is 158 g/mol. The lowest BCUT2D eigenvalue weighted by Crippen LogP contribution is -2.47. The summed E-state index contributed by atoms with van der Waals surface area (Å²) in [6.45, 7) is 6.95. The molecule has 0 saturated heterocycles. The van der Waals surface area contributed by atoms with Crippen LogP contribution in [-0.4, -0.2) is 5.25 Å². The molecule has 1 saturated carbocycles. The molecule has 1 heteroatoms. The summed E-state index contributed by atoms with van der Waals surface area (Å²) in [5.74, 6) is 0.944. The van der Waals surface area contributed by atoms with Gasteiger partial charge in [0.05, 0.1) is 0 Å². The molecule has 0 aromatic rings. The molecule has 1 aliphatic carbocycles. The summed E-state index contributed by atoms with van der Waals surface area (Å²) in [5.41, 5.74) is 0.553. The van der Waals surface area contributed by atoms with Crippen LogP contribution in [0.15, 0.2) is 0 Å². The fraction of sp³-hybridized carbons (Fsp3) is 1.00. The van der Waals surface area contributed by atoms with Crippen LogP contribution in [0.3, 0.4) is 0 Å². The molecule has 0 heterocycles. The lowest BCUT2D eigenvalue weighted by molar-refractivity contribution is 0.0557. The Kier molecular flexibility index (Phi) is 2.34. The van der Waals surface area contributed by atoms with E-state index in [1.165, 1.54) is 19.3 Å². The smallest absolute Gasteiger partial charge is 0.00760 e. The van der Waals surface area contributed by atoms with Crippen LogP contribution in [0.1, 0.15) is 40.0 Å². The highest BCUT2D eigenvalue weighted by Crippen LogP contribution is 2.53. The molecule has 10 heavy (non-hydrogen) atoms. The quantitative estimate of drug-likeness (QED) is 0.586. The maximum Gasteiger partial charge on any atom is 0.00760 e. The third-order valence-electron chi connectivity index (χ3n) is 3.46. The molecular formula is C9H18S. The third-order valence-corrected chi connectivity index (χ3v) is 4.26. The molecule has 60 valence electrons. The Morgan fingerprint density at radius 3 is 2.30 bits per heavy atom. The number of rotatable bonds is 2. The van der Waals surface area contributed by atoms with E-state index in [0.29, 0.717) is 10.7 Å². The van der Waals surface area contributed by atoms with E-state index in [9.17, 15) is 0 Å². The van der Waals surface area contributed by atoms with Gasteiger partial charge in [0, 0.05) is 5.25 Å². The second kappa shape index (κ2) is 2.77. The first-order valence-corrected chi connectivity index (χ1v) is 4.84. The molecular weight excluding hydrogens is 140 g/mol. The van der Waals surface area contributed by atoms with Crippen LogP contribution in [0, 0.1) is 11.3 Å². The van der Waals surface area contributed by atoms with E-state index in [1.807, 2.05) is 0 Å². The minimum atomic E-state index is 0.553. The minimum absolute atomic E-state index is 0.553. The van der Waals surface area contributed by atoms with Gasteiger partial charge in [0.25, 0.3) is 0 Å². The molecule has 0 aromatic carbocycles. The van der Waals surface area contributed by atoms with Gasteiger partial charge in [0.15, 0.2) is 0 Å². The fourth-order valence-electron chi connectivity index (χ4n) is 2.08. The highest BCUT2D eigenvalue weighted by molar-refractivity contribution is 7.81. The average molecular weight is 158 g/mol. The number of hydrogen-bond acceptors (Lipinski definition) is 1. The van der Waals surface area contributed by atoms with E-state index in [1.54, 1.807) is 0 Å². The van der Waals surface area contributed by atoms with Gasteiger partial charge in [0.2, 0.25) is 0 Å². The molecule has 0 nitrogen and oxygen atoms in total. The summed E-state index contributed by atoms with van der Waals surface area (Å²) in [7, 11) is 0. The van der Waals surface area contributed by atoms with Crippen molar-refractivity contribution >= 4 is 12.6 Å². The standard InChI is InChI=1S/C9H18S/c1-4-7-6-8(10)9(7,3)5-2/h7-8,10H,4-6H2,1-3H3. The van der Waals surface area contributed by atoms with E-state index >= 15 is 0 Å². The fourth-order valence-corrected chi connectivity index (χ4v) is 2.72. The van der Waals surface area contributed by atoms with Gasteiger partial charge in [0.1, 0.15) is 0 Å². The predicted octanol–water partition coefficient (Wildman–Crippen LogP) is 3.13. The van der Waals surface area contributed by atoms with Crippen LogP contribution in [0.25, 0.3) is 0 Å². The summed E-state index contributed by atoms with van der Waals surface area (Å²) in [6.07, 6.45) is 3.96. The molecule has 1 aliphatic rings. The molecule has 0 amide bonds. The second-order valence-corrected chi connectivity index (χ2v) is 4.34. The number of hydrogen-bond donors (Lipinski definition) is 1. The van der Waals surface area contributed by atoms with Crippen LogP contribution in [0.2, 0.25) is 0 Å². The first kappa shape index (κ1) is 8.45. The predicted molar refractivity (Wildman–Crippen MR) is 49.6 cm³/mol. The largest absolute Gasteiger partial charge is 0.175 e. The first-order valence-electron chi connectivity index (χ1n) is 4.33. The minimum Gasteiger partial charge on any atom is -0.175 e. The molecule has 1 rings (SSSR count). The summed E-state index contributed by atoms with van der Waals surface area (Å²) in [5, 5.41) is 0.669. The zero-order chi connectivity index (χ0) is 7.78. The van der Waals surface area contributed by atoms with Crippen molar-refractivity contribution in [2.45, 2.75) is 45.3 Å².